The Morgan fingerprint density at radius 2 is 2.18 bits per heavy atom. The maximum absolute atomic E-state index is 5.57. The highest BCUT2D eigenvalue weighted by Crippen LogP contribution is 2.38. The average Bonchev–Trinajstić information content (AvgIpc) is 2.28. The van der Waals surface area contributed by atoms with Gasteiger partial charge in [0.15, 0.2) is 11.5 Å². The molecule has 1 aromatic rings. The molecule has 1 heterocycles. The third-order valence-corrected chi connectivity index (χ3v) is 3.00. The van der Waals surface area contributed by atoms with Gasteiger partial charge in [0.05, 0.1) is 4.47 Å². The molecule has 17 heavy (non-hydrogen) atoms. The molecule has 0 saturated heterocycles. The highest BCUT2D eigenvalue weighted by molar-refractivity contribution is 9.10. The number of fused-ring (bicyclic) bond motifs is 1. The summed E-state index contributed by atoms with van der Waals surface area (Å²) >= 11 is 3.50. The second-order valence-electron chi connectivity index (χ2n) is 4.16. The molecule has 0 bridgehead atoms. The maximum Gasteiger partial charge on any atom is 0.175 e. The van der Waals surface area contributed by atoms with Gasteiger partial charge in [-0.3, -0.25) is 0 Å². The van der Waals surface area contributed by atoms with Gasteiger partial charge in [-0.1, -0.05) is 12.2 Å². The summed E-state index contributed by atoms with van der Waals surface area (Å²) in [4.78, 5) is 0. The third-order valence-electron chi connectivity index (χ3n) is 2.41. The summed E-state index contributed by atoms with van der Waals surface area (Å²) in [5.41, 5.74) is 2.30. The first-order valence-corrected chi connectivity index (χ1v) is 6.39. The van der Waals surface area contributed by atoms with Crippen LogP contribution in [0.25, 0.3) is 0 Å². The fourth-order valence-corrected chi connectivity index (χ4v) is 2.29. The van der Waals surface area contributed by atoms with E-state index in [1.165, 1.54) is 5.56 Å². The number of rotatable bonds is 4. The lowest BCUT2D eigenvalue weighted by Crippen LogP contribution is -2.18. The van der Waals surface area contributed by atoms with Crippen molar-refractivity contribution in [3.8, 4) is 11.5 Å². The lowest BCUT2D eigenvalue weighted by molar-refractivity contribution is 0.170. The Balaban J connectivity index is 2.08. The Morgan fingerprint density at radius 3 is 2.94 bits per heavy atom. The van der Waals surface area contributed by atoms with E-state index in [9.17, 15) is 0 Å². The smallest absolute Gasteiger partial charge is 0.175 e. The van der Waals surface area contributed by atoms with Crippen LogP contribution in [0.1, 0.15) is 12.5 Å². The number of hydrogen-bond acceptors (Lipinski definition) is 3. The van der Waals surface area contributed by atoms with E-state index in [2.05, 4.69) is 33.9 Å². The van der Waals surface area contributed by atoms with Gasteiger partial charge in [-0.2, -0.15) is 0 Å². The lowest BCUT2D eigenvalue weighted by Gasteiger charge is -2.20. The van der Waals surface area contributed by atoms with Gasteiger partial charge in [0.1, 0.15) is 13.2 Å². The highest BCUT2D eigenvalue weighted by Gasteiger charge is 2.15. The number of hydrogen-bond donors (Lipinski definition) is 1. The molecule has 1 aromatic carbocycles. The summed E-state index contributed by atoms with van der Waals surface area (Å²) in [5.74, 6) is 1.62. The van der Waals surface area contributed by atoms with E-state index < -0.39 is 0 Å². The van der Waals surface area contributed by atoms with Crippen LogP contribution in [0, 0.1) is 0 Å². The van der Waals surface area contributed by atoms with Crippen molar-refractivity contribution >= 4 is 15.9 Å². The lowest BCUT2D eigenvalue weighted by atomic mass is 10.2. The fraction of sp³-hybridized carbons (Fsp3) is 0.385. The summed E-state index contributed by atoms with van der Waals surface area (Å²) in [6.07, 6.45) is 0. The molecule has 0 spiro atoms. The van der Waals surface area contributed by atoms with E-state index >= 15 is 0 Å². The summed E-state index contributed by atoms with van der Waals surface area (Å²) < 4.78 is 12.1. The van der Waals surface area contributed by atoms with Crippen molar-refractivity contribution in [2.24, 2.45) is 0 Å². The zero-order valence-electron chi connectivity index (χ0n) is 9.88. The predicted molar refractivity (Wildman–Crippen MR) is 71.7 cm³/mol. The Labute approximate surface area is 110 Å². The highest BCUT2D eigenvalue weighted by atomic mass is 79.9. The first-order valence-electron chi connectivity index (χ1n) is 5.60. The quantitative estimate of drug-likeness (QED) is 0.867. The van der Waals surface area contributed by atoms with Gasteiger partial charge in [0.25, 0.3) is 0 Å². The number of benzene rings is 1. The van der Waals surface area contributed by atoms with Crippen LogP contribution in [0.2, 0.25) is 0 Å². The minimum Gasteiger partial charge on any atom is -0.486 e. The molecule has 0 aromatic heterocycles. The molecule has 0 atom stereocenters. The Bertz CT molecular complexity index is 432. The summed E-state index contributed by atoms with van der Waals surface area (Å²) in [6, 6.07) is 4.07. The van der Waals surface area contributed by atoms with E-state index in [1.54, 1.807) is 0 Å². The first-order chi connectivity index (χ1) is 8.16. The van der Waals surface area contributed by atoms with Crippen molar-refractivity contribution in [1.82, 2.24) is 5.32 Å². The molecule has 92 valence electrons. The maximum atomic E-state index is 5.57. The van der Waals surface area contributed by atoms with E-state index in [4.69, 9.17) is 9.47 Å². The van der Waals surface area contributed by atoms with Crippen LogP contribution in [0.3, 0.4) is 0 Å². The standard InChI is InChI=1S/C13H16BrNO2/c1-9(2)7-15-8-10-5-11(14)13-12(6-10)16-3-4-17-13/h5-6,15H,1,3-4,7-8H2,2H3. The molecule has 1 aliphatic heterocycles. The van der Waals surface area contributed by atoms with Gasteiger partial charge in [-0.15, -0.1) is 0 Å². The SMILES string of the molecule is C=C(C)CNCc1cc(Br)c2c(c1)OCCO2. The molecule has 0 unspecified atom stereocenters. The minimum absolute atomic E-state index is 0.610. The zero-order chi connectivity index (χ0) is 12.3. The van der Waals surface area contributed by atoms with Crippen molar-refractivity contribution in [3.63, 3.8) is 0 Å². The Morgan fingerprint density at radius 1 is 1.41 bits per heavy atom. The van der Waals surface area contributed by atoms with Gasteiger partial charge >= 0.3 is 0 Å². The minimum atomic E-state index is 0.610. The zero-order valence-corrected chi connectivity index (χ0v) is 11.5. The van der Waals surface area contributed by atoms with Crippen LogP contribution >= 0.6 is 15.9 Å². The fourth-order valence-electron chi connectivity index (χ4n) is 1.69. The number of halogens is 1. The van der Waals surface area contributed by atoms with Gasteiger partial charge in [0, 0.05) is 13.1 Å². The molecule has 0 aliphatic carbocycles. The molecule has 4 heteroatoms. The molecule has 1 N–H and O–H groups in total. The van der Waals surface area contributed by atoms with E-state index in [-0.39, 0.29) is 0 Å². The number of nitrogens with one attached hydrogen (secondary N) is 1. The van der Waals surface area contributed by atoms with Crippen molar-refractivity contribution < 1.29 is 9.47 Å². The van der Waals surface area contributed by atoms with Crippen LogP contribution in [0.15, 0.2) is 28.8 Å². The van der Waals surface area contributed by atoms with Crippen LogP contribution in [0.5, 0.6) is 11.5 Å². The van der Waals surface area contributed by atoms with Gasteiger partial charge in [-0.05, 0) is 40.5 Å². The van der Waals surface area contributed by atoms with Crippen LogP contribution in [-0.4, -0.2) is 19.8 Å². The van der Waals surface area contributed by atoms with Gasteiger partial charge in [0.2, 0.25) is 0 Å². The molecule has 2 rings (SSSR count). The van der Waals surface area contributed by atoms with Crippen molar-refractivity contribution in [3.05, 3.63) is 34.3 Å². The van der Waals surface area contributed by atoms with E-state index in [0.717, 1.165) is 34.6 Å². The monoisotopic (exact) mass is 297 g/mol. The molecular weight excluding hydrogens is 282 g/mol. The van der Waals surface area contributed by atoms with Crippen molar-refractivity contribution in [2.45, 2.75) is 13.5 Å². The normalized spacial score (nSPS) is 13.5. The van der Waals surface area contributed by atoms with Crippen LogP contribution < -0.4 is 14.8 Å². The second-order valence-corrected chi connectivity index (χ2v) is 5.02. The summed E-state index contributed by atoms with van der Waals surface area (Å²) in [5, 5.41) is 3.32. The molecular formula is C13H16BrNO2. The van der Waals surface area contributed by atoms with E-state index in [1.807, 2.05) is 13.0 Å². The first kappa shape index (κ1) is 12.5. The Kier molecular flexibility index (Phi) is 4.07. The summed E-state index contributed by atoms with van der Waals surface area (Å²) in [6.45, 7) is 8.71. The molecule has 3 nitrogen and oxygen atoms in total. The van der Waals surface area contributed by atoms with Crippen molar-refractivity contribution in [2.75, 3.05) is 19.8 Å². The average molecular weight is 298 g/mol. The molecule has 0 amide bonds. The van der Waals surface area contributed by atoms with Gasteiger partial charge in [-0.25, -0.2) is 0 Å². The largest absolute Gasteiger partial charge is 0.486 e. The second kappa shape index (κ2) is 5.56. The topological polar surface area (TPSA) is 30.5 Å². The van der Waals surface area contributed by atoms with E-state index in [0.29, 0.717) is 13.2 Å². The van der Waals surface area contributed by atoms with Gasteiger partial charge < -0.3 is 14.8 Å². The van der Waals surface area contributed by atoms with Crippen LogP contribution in [-0.2, 0) is 6.54 Å². The number of ether oxygens (including phenoxy) is 2. The molecule has 0 radical (unpaired) electrons. The predicted octanol–water partition coefficient (Wildman–Crippen LogP) is 2.89. The molecule has 0 saturated carbocycles. The summed E-state index contributed by atoms with van der Waals surface area (Å²) in [7, 11) is 0. The molecule has 0 fully saturated rings. The third kappa shape index (κ3) is 3.23. The Hall–Kier alpha value is -1.00. The van der Waals surface area contributed by atoms with Crippen LogP contribution in [0.4, 0.5) is 0 Å². The molecule has 1 aliphatic rings. The van der Waals surface area contributed by atoms with Crippen molar-refractivity contribution in [1.29, 1.82) is 0 Å².